The number of rotatable bonds is 2. The van der Waals surface area contributed by atoms with Gasteiger partial charge >= 0.3 is 0 Å². The van der Waals surface area contributed by atoms with E-state index in [1.165, 1.54) is 6.20 Å². The van der Waals surface area contributed by atoms with Crippen LogP contribution >= 0.6 is 0 Å². The molecule has 2 rings (SSSR count). The summed E-state index contributed by atoms with van der Waals surface area (Å²) in [4.78, 5) is 22.0. The lowest BCUT2D eigenvalue weighted by Gasteiger charge is -1.99. The van der Waals surface area contributed by atoms with E-state index in [1.54, 1.807) is 30.7 Å². The number of aromatic amines is 1. The first-order chi connectivity index (χ1) is 6.86. The zero-order valence-corrected chi connectivity index (χ0v) is 7.27. The Hall–Kier alpha value is -2.17. The molecule has 0 bridgehead atoms. The molecule has 0 fully saturated rings. The third kappa shape index (κ3) is 1.77. The Balaban J connectivity index is 2.11. The summed E-state index contributed by atoms with van der Waals surface area (Å²) < 4.78 is 0. The molecule has 0 aliphatic rings. The highest BCUT2D eigenvalue weighted by Crippen LogP contribution is 2.01. The summed E-state index contributed by atoms with van der Waals surface area (Å²) >= 11 is 0. The summed E-state index contributed by atoms with van der Waals surface area (Å²) in [5.74, 6) is 0.201. The first-order valence-electron chi connectivity index (χ1n) is 4.07. The van der Waals surface area contributed by atoms with E-state index in [2.05, 4.69) is 20.3 Å². The zero-order valence-electron chi connectivity index (χ0n) is 7.27. The molecular weight excluding hydrogens is 180 g/mol. The van der Waals surface area contributed by atoms with Gasteiger partial charge in [0, 0.05) is 24.8 Å². The van der Waals surface area contributed by atoms with Crippen molar-refractivity contribution < 1.29 is 4.79 Å². The van der Waals surface area contributed by atoms with Crippen LogP contribution in [0.25, 0.3) is 0 Å². The smallest absolute Gasteiger partial charge is 0.259 e. The van der Waals surface area contributed by atoms with Crippen molar-refractivity contribution in [3.8, 4) is 0 Å². The number of aromatic nitrogens is 3. The van der Waals surface area contributed by atoms with Crippen molar-refractivity contribution >= 4 is 11.9 Å². The maximum absolute atomic E-state index is 11.5. The average Bonchev–Trinajstić information content (AvgIpc) is 2.72. The van der Waals surface area contributed by atoms with Crippen LogP contribution in [0.5, 0.6) is 0 Å². The maximum atomic E-state index is 11.5. The minimum atomic E-state index is -0.229. The molecule has 2 heterocycles. The molecule has 0 saturated carbocycles. The minimum Gasteiger partial charge on any atom is -0.331 e. The van der Waals surface area contributed by atoms with Crippen molar-refractivity contribution in [3.05, 3.63) is 42.5 Å². The number of imidazole rings is 1. The Bertz CT molecular complexity index is 410. The largest absolute Gasteiger partial charge is 0.331 e. The Labute approximate surface area is 80.2 Å². The van der Waals surface area contributed by atoms with Gasteiger partial charge in [0.1, 0.15) is 0 Å². The number of nitrogens with one attached hydrogen (secondary N) is 2. The molecule has 5 heteroatoms. The van der Waals surface area contributed by atoms with Crippen LogP contribution in [0.3, 0.4) is 0 Å². The van der Waals surface area contributed by atoms with Crippen molar-refractivity contribution in [3.63, 3.8) is 0 Å². The molecule has 0 spiro atoms. The van der Waals surface area contributed by atoms with Gasteiger partial charge in [0.05, 0.1) is 5.56 Å². The van der Waals surface area contributed by atoms with Crippen molar-refractivity contribution in [2.75, 3.05) is 5.32 Å². The summed E-state index contributed by atoms with van der Waals surface area (Å²) in [7, 11) is 0. The summed E-state index contributed by atoms with van der Waals surface area (Å²) in [6, 6.07) is 3.39. The molecule has 0 atom stereocenters. The molecule has 14 heavy (non-hydrogen) atoms. The van der Waals surface area contributed by atoms with Crippen LogP contribution in [0.4, 0.5) is 5.95 Å². The number of carbonyl (C=O) groups is 1. The second-order valence-corrected chi connectivity index (χ2v) is 2.63. The van der Waals surface area contributed by atoms with E-state index < -0.39 is 0 Å². The second kappa shape index (κ2) is 3.69. The molecule has 2 N–H and O–H groups in total. The molecule has 2 aromatic rings. The standard InChI is InChI=1S/C9H8N4O/c14-8(7-2-1-3-10-6-7)13-9-11-4-5-12-9/h1-6H,(H2,11,12,13,14). The molecule has 70 valence electrons. The van der Waals surface area contributed by atoms with Crippen molar-refractivity contribution in [1.29, 1.82) is 0 Å². The topological polar surface area (TPSA) is 70.7 Å². The van der Waals surface area contributed by atoms with Crippen molar-refractivity contribution in [1.82, 2.24) is 15.0 Å². The van der Waals surface area contributed by atoms with Gasteiger partial charge < -0.3 is 4.98 Å². The van der Waals surface area contributed by atoms with E-state index in [0.717, 1.165) is 0 Å². The van der Waals surface area contributed by atoms with Crippen LogP contribution in [0, 0.1) is 0 Å². The molecule has 0 aliphatic carbocycles. The fourth-order valence-electron chi connectivity index (χ4n) is 1.01. The van der Waals surface area contributed by atoms with E-state index in [1.807, 2.05) is 0 Å². The number of amides is 1. The van der Waals surface area contributed by atoms with Crippen LogP contribution in [-0.4, -0.2) is 20.9 Å². The molecular formula is C9H8N4O. The number of H-pyrrole nitrogens is 1. The Morgan fingerprint density at radius 1 is 1.43 bits per heavy atom. The molecule has 2 aromatic heterocycles. The predicted molar refractivity (Wildman–Crippen MR) is 50.8 cm³/mol. The average molecular weight is 188 g/mol. The van der Waals surface area contributed by atoms with Gasteiger partial charge in [-0.3, -0.25) is 15.1 Å². The van der Waals surface area contributed by atoms with Crippen molar-refractivity contribution in [2.45, 2.75) is 0 Å². The normalized spacial score (nSPS) is 9.71. The number of carbonyl (C=O) groups excluding carboxylic acids is 1. The molecule has 5 nitrogen and oxygen atoms in total. The molecule has 0 aromatic carbocycles. The SMILES string of the molecule is O=C(Nc1ncc[nH]1)c1cccnc1. The summed E-state index contributed by atoms with van der Waals surface area (Å²) in [5, 5.41) is 2.59. The van der Waals surface area contributed by atoms with Crippen LogP contribution < -0.4 is 5.32 Å². The third-order valence-corrected chi connectivity index (χ3v) is 1.65. The highest BCUT2D eigenvalue weighted by molar-refractivity contribution is 6.02. The van der Waals surface area contributed by atoms with E-state index in [4.69, 9.17) is 0 Å². The van der Waals surface area contributed by atoms with Gasteiger partial charge in [-0.15, -0.1) is 0 Å². The van der Waals surface area contributed by atoms with Gasteiger partial charge in [0.2, 0.25) is 5.95 Å². The molecule has 1 amide bonds. The van der Waals surface area contributed by atoms with Crippen LogP contribution in [0.1, 0.15) is 10.4 Å². The lowest BCUT2D eigenvalue weighted by molar-refractivity contribution is 0.102. The lowest BCUT2D eigenvalue weighted by Crippen LogP contribution is -2.12. The van der Waals surface area contributed by atoms with Gasteiger partial charge in [-0.05, 0) is 12.1 Å². The summed E-state index contributed by atoms with van der Waals surface area (Å²) in [6.07, 6.45) is 6.32. The van der Waals surface area contributed by atoms with E-state index in [-0.39, 0.29) is 5.91 Å². The van der Waals surface area contributed by atoms with E-state index in [0.29, 0.717) is 11.5 Å². The fraction of sp³-hybridized carbons (Fsp3) is 0. The molecule has 0 aliphatic heterocycles. The Kier molecular flexibility index (Phi) is 2.22. The number of hydrogen-bond donors (Lipinski definition) is 2. The maximum Gasteiger partial charge on any atom is 0.259 e. The minimum absolute atomic E-state index is 0.229. The molecule has 0 saturated heterocycles. The number of hydrogen-bond acceptors (Lipinski definition) is 3. The number of pyridine rings is 1. The van der Waals surface area contributed by atoms with Gasteiger partial charge in [-0.25, -0.2) is 4.98 Å². The summed E-state index contributed by atoms with van der Waals surface area (Å²) in [6.45, 7) is 0. The Morgan fingerprint density at radius 2 is 2.36 bits per heavy atom. The summed E-state index contributed by atoms with van der Waals surface area (Å²) in [5.41, 5.74) is 0.504. The quantitative estimate of drug-likeness (QED) is 0.740. The third-order valence-electron chi connectivity index (χ3n) is 1.65. The fourth-order valence-corrected chi connectivity index (χ4v) is 1.01. The van der Waals surface area contributed by atoms with Crippen LogP contribution in [0.15, 0.2) is 36.9 Å². The zero-order chi connectivity index (χ0) is 9.80. The van der Waals surface area contributed by atoms with Crippen molar-refractivity contribution in [2.24, 2.45) is 0 Å². The number of nitrogens with zero attached hydrogens (tertiary/aromatic N) is 2. The van der Waals surface area contributed by atoms with Gasteiger partial charge in [-0.1, -0.05) is 0 Å². The second-order valence-electron chi connectivity index (χ2n) is 2.63. The van der Waals surface area contributed by atoms with E-state index in [9.17, 15) is 4.79 Å². The first kappa shape index (κ1) is 8.43. The monoisotopic (exact) mass is 188 g/mol. The van der Waals surface area contributed by atoms with E-state index >= 15 is 0 Å². The van der Waals surface area contributed by atoms with Gasteiger partial charge in [0.15, 0.2) is 0 Å². The molecule has 0 radical (unpaired) electrons. The first-order valence-corrected chi connectivity index (χ1v) is 4.07. The molecule has 0 unspecified atom stereocenters. The predicted octanol–water partition coefficient (Wildman–Crippen LogP) is 1.06. The number of anilines is 1. The van der Waals surface area contributed by atoms with Crippen LogP contribution in [-0.2, 0) is 0 Å². The lowest BCUT2D eigenvalue weighted by atomic mass is 10.3. The Morgan fingerprint density at radius 3 is 3.00 bits per heavy atom. The van der Waals surface area contributed by atoms with Gasteiger partial charge in [0.25, 0.3) is 5.91 Å². The highest BCUT2D eigenvalue weighted by atomic mass is 16.1. The van der Waals surface area contributed by atoms with Gasteiger partial charge in [-0.2, -0.15) is 0 Å². The highest BCUT2D eigenvalue weighted by Gasteiger charge is 2.05. The van der Waals surface area contributed by atoms with Crippen LogP contribution in [0.2, 0.25) is 0 Å².